The number of hydrogen-bond donors (Lipinski definition) is 3. The van der Waals surface area contributed by atoms with Gasteiger partial charge in [-0.05, 0) is 31.0 Å². The Morgan fingerprint density at radius 1 is 0.767 bits per heavy atom. The number of aryl methyl sites for hydroxylation is 1. The van der Waals surface area contributed by atoms with Crippen molar-refractivity contribution in [2.45, 2.75) is 117 Å². The molecule has 0 unspecified atom stereocenters. The molecule has 4 heteroatoms. The highest BCUT2D eigenvalue weighted by atomic mass is 16.3. The lowest BCUT2D eigenvalue weighted by Gasteiger charge is -2.09. The number of hydrogen-bond acceptors (Lipinski definition) is 2. The molecule has 2 amide bonds. The molecule has 0 radical (unpaired) electrons. The second-order valence-corrected chi connectivity index (χ2v) is 8.70. The van der Waals surface area contributed by atoms with Crippen LogP contribution in [0.3, 0.4) is 0 Å². The highest BCUT2D eigenvalue weighted by Crippen LogP contribution is 2.23. The van der Waals surface area contributed by atoms with E-state index in [-0.39, 0.29) is 11.8 Å². The molecule has 0 aromatic heterocycles. The molecule has 0 bridgehead atoms. The van der Waals surface area contributed by atoms with Crippen LogP contribution >= 0.6 is 0 Å². The van der Waals surface area contributed by atoms with Crippen LogP contribution in [0.2, 0.25) is 0 Å². The average molecular weight is 419 g/mol. The Balaban J connectivity index is 1.82. The fourth-order valence-electron chi connectivity index (χ4n) is 3.79. The molecule has 0 saturated heterocycles. The second-order valence-electron chi connectivity index (χ2n) is 8.70. The van der Waals surface area contributed by atoms with E-state index in [1.54, 1.807) is 12.1 Å². The molecule has 0 spiro atoms. The first-order chi connectivity index (χ1) is 14.6. The maximum Gasteiger partial charge on any atom is 0.319 e. The number of unbranched alkanes of at least 4 members (excludes halogenated alkanes) is 15. The van der Waals surface area contributed by atoms with Gasteiger partial charge in [0.2, 0.25) is 0 Å². The predicted molar refractivity (Wildman–Crippen MR) is 129 cm³/mol. The summed E-state index contributed by atoms with van der Waals surface area (Å²) >= 11 is 0. The van der Waals surface area contributed by atoms with Gasteiger partial charge in [0, 0.05) is 6.54 Å². The van der Waals surface area contributed by atoms with Gasteiger partial charge in [-0.3, -0.25) is 0 Å². The first-order valence-electron chi connectivity index (χ1n) is 12.5. The summed E-state index contributed by atoms with van der Waals surface area (Å²) in [6, 6.07) is 4.98. The molecule has 0 heterocycles. The zero-order valence-corrected chi connectivity index (χ0v) is 19.6. The molecule has 0 fully saturated rings. The monoisotopic (exact) mass is 418 g/mol. The van der Waals surface area contributed by atoms with Crippen molar-refractivity contribution in [1.82, 2.24) is 5.32 Å². The van der Waals surface area contributed by atoms with E-state index in [0.29, 0.717) is 12.2 Å². The molecule has 3 N–H and O–H groups in total. The minimum Gasteiger partial charge on any atom is -0.506 e. The number of aromatic hydroxyl groups is 1. The standard InChI is InChI=1S/C26H46N2O2/c1-3-4-5-6-7-8-9-10-11-12-13-14-15-16-17-18-21-27-26(30)28-24-20-19-23(2)22-25(24)29/h19-20,22,29H,3-18,21H2,1-2H3,(H2,27,28,30). The zero-order chi connectivity index (χ0) is 21.9. The quantitative estimate of drug-likeness (QED) is 0.167. The van der Waals surface area contributed by atoms with Gasteiger partial charge in [0.15, 0.2) is 0 Å². The Labute approximate surface area is 185 Å². The van der Waals surface area contributed by atoms with Crippen molar-refractivity contribution in [3.63, 3.8) is 0 Å². The number of carbonyl (C=O) groups excluding carboxylic acids is 1. The lowest BCUT2D eigenvalue weighted by molar-refractivity contribution is 0.251. The Hall–Kier alpha value is -1.71. The molecule has 1 aromatic carbocycles. The van der Waals surface area contributed by atoms with Crippen LogP contribution in [0.5, 0.6) is 5.75 Å². The number of phenols is 1. The van der Waals surface area contributed by atoms with Crippen molar-refractivity contribution in [2.75, 3.05) is 11.9 Å². The Morgan fingerprint density at radius 2 is 1.23 bits per heavy atom. The van der Waals surface area contributed by atoms with Gasteiger partial charge in [0.25, 0.3) is 0 Å². The average Bonchev–Trinajstić information content (AvgIpc) is 2.72. The molecule has 0 atom stereocenters. The van der Waals surface area contributed by atoms with Gasteiger partial charge >= 0.3 is 6.03 Å². The van der Waals surface area contributed by atoms with E-state index in [2.05, 4.69) is 17.6 Å². The number of urea groups is 1. The van der Waals surface area contributed by atoms with E-state index >= 15 is 0 Å². The van der Waals surface area contributed by atoms with Gasteiger partial charge in [-0.15, -0.1) is 0 Å². The van der Waals surface area contributed by atoms with Crippen LogP contribution in [0, 0.1) is 6.92 Å². The first-order valence-corrected chi connectivity index (χ1v) is 12.5. The number of benzene rings is 1. The van der Waals surface area contributed by atoms with Crippen molar-refractivity contribution in [3.8, 4) is 5.75 Å². The number of phenolic OH excluding ortho intramolecular Hbond substituents is 1. The van der Waals surface area contributed by atoms with Crippen molar-refractivity contribution >= 4 is 11.7 Å². The minimum atomic E-state index is -0.255. The van der Waals surface area contributed by atoms with Crippen molar-refractivity contribution in [1.29, 1.82) is 0 Å². The van der Waals surface area contributed by atoms with Gasteiger partial charge in [0.1, 0.15) is 5.75 Å². The molecule has 0 aliphatic heterocycles. The third kappa shape index (κ3) is 14.3. The normalized spacial score (nSPS) is 10.9. The van der Waals surface area contributed by atoms with E-state index in [1.165, 1.54) is 89.9 Å². The third-order valence-electron chi connectivity index (χ3n) is 5.72. The summed E-state index contributed by atoms with van der Waals surface area (Å²) in [7, 11) is 0. The molecular formula is C26H46N2O2. The highest BCUT2D eigenvalue weighted by Gasteiger charge is 2.05. The van der Waals surface area contributed by atoms with Crippen LogP contribution in [0.4, 0.5) is 10.5 Å². The molecule has 0 aliphatic rings. The third-order valence-corrected chi connectivity index (χ3v) is 5.72. The van der Waals surface area contributed by atoms with Crippen molar-refractivity contribution in [3.05, 3.63) is 23.8 Å². The van der Waals surface area contributed by atoms with Crippen LogP contribution < -0.4 is 10.6 Å². The summed E-state index contributed by atoms with van der Waals surface area (Å²) in [5.74, 6) is 0.104. The summed E-state index contributed by atoms with van der Waals surface area (Å²) in [5, 5.41) is 15.4. The molecule has 172 valence electrons. The van der Waals surface area contributed by atoms with E-state index in [9.17, 15) is 9.90 Å². The largest absolute Gasteiger partial charge is 0.506 e. The van der Waals surface area contributed by atoms with Crippen molar-refractivity contribution < 1.29 is 9.90 Å². The second kappa shape index (κ2) is 18.1. The maximum absolute atomic E-state index is 11.9. The van der Waals surface area contributed by atoms with Crippen LogP contribution in [0.1, 0.15) is 115 Å². The predicted octanol–water partition coefficient (Wildman–Crippen LogP) is 8.08. The van der Waals surface area contributed by atoms with E-state index in [4.69, 9.17) is 0 Å². The number of rotatable bonds is 18. The molecule has 30 heavy (non-hydrogen) atoms. The Bertz CT molecular complexity index is 560. The molecule has 4 nitrogen and oxygen atoms in total. The summed E-state index contributed by atoms with van der Waals surface area (Å²) in [6.07, 6.45) is 21.6. The van der Waals surface area contributed by atoms with E-state index in [0.717, 1.165) is 18.4 Å². The van der Waals surface area contributed by atoms with Gasteiger partial charge in [0.05, 0.1) is 5.69 Å². The van der Waals surface area contributed by atoms with Crippen LogP contribution in [-0.4, -0.2) is 17.7 Å². The molecule has 1 rings (SSSR count). The first kappa shape index (κ1) is 26.3. The number of anilines is 1. The SMILES string of the molecule is CCCCCCCCCCCCCCCCCCNC(=O)Nc1ccc(C)cc1O. The Morgan fingerprint density at radius 3 is 1.70 bits per heavy atom. The summed E-state index contributed by atoms with van der Waals surface area (Å²) < 4.78 is 0. The fraction of sp³-hybridized carbons (Fsp3) is 0.731. The van der Waals surface area contributed by atoms with E-state index < -0.39 is 0 Å². The number of nitrogens with one attached hydrogen (secondary N) is 2. The van der Waals surface area contributed by atoms with Gasteiger partial charge in [-0.1, -0.05) is 109 Å². The molecule has 1 aromatic rings. The minimum absolute atomic E-state index is 0.104. The fourth-order valence-corrected chi connectivity index (χ4v) is 3.79. The van der Waals surface area contributed by atoms with Crippen LogP contribution in [0.15, 0.2) is 18.2 Å². The molecule has 0 saturated carbocycles. The topological polar surface area (TPSA) is 61.4 Å². The Kier molecular flexibility index (Phi) is 15.9. The van der Waals surface area contributed by atoms with Gasteiger partial charge < -0.3 is 15.7 Å². The zero-order valence-electron chi connectivity index (χ0n) is 19.6. The van der Waals surface area contributed by atoms with Crippen LogP contribution in [-0.2, 0) is 0 Å². The van der Waals surface area contributed by atoms with Crippen molar-refractivity contribution in [2.24, 2.45) is 0 Å². The summed E-state index contributed by atoms with van der Waals surface area (Å²) in [4.78, 5) is 11.9. The lowest BCUT2D eigenvalue weighted by atomic mass is 10.0. The maximum atomic E-state index is 11.9. The lowest BCUT2D eigenvalue weighted by Crippen LogP contribution is -2.29. The smallest absolute Gasteiger partial charge is 0.319 e. The molecular weight excluding hydrogens is 372 g/mol. The van der Waals surface area contributed by atoms with Crippen LogP contribution in [0.25, 0.3) is 0 Å². The van der Waals surface area contributed by atoms with Gasteiger partial charge in [-0.25, -0.2) is 4.79 Å². The van der Waals surface area contributed by atoms with E-state index in [1.807, 2.05) is 13.0 Å². The summed E-state index contributed by atoms with van der Waals surface area (Å²) in [6.45, 7) is 4.86. The summed E-state index contributed by atoms with van der Waals surface area (Å²) in [5.41, 5.74) is 1.41. The highest BCUT2D eigenvalue weighted by molar-refractivity contribution is 5.90. The number of carbonyl (C=O) groups is 1. The number of amides is 2. The van der Waals surface area contributed by atoms with Gasteiger partial charge in [-0.2, -0.15) is 0 Å². The molecule has 0 aliphatic carbocycles.